The van der Waals surface area contributed by atoms with E-state index in [4.69, 9.17) is 5.41 Å². The van der Waals surface area contributed by atoms with Gasteiger partial charge >= 0.3 is 0 Å². The fourth-order valence-electron chi connectivity index (χ4n) is 0.176. The number of rotatable bonds is 0. The maximum absolute atomic E-state index is 5.77. The first kappa shape index (κ1) is 7.43. The van der Waals surface area contributed by atoms with Crippen molar-refractivity contribution < 1.29 is 0 Å². The molecule has 0 saturated heterocycles. The zero-order valence-electron chi connectivity index (χ0n) is 4.00. The van der Waals surface area contributed by atoms with Crippen LogP contribution < -0.4 is 0 Å². The van der Waals surface area contributed by atoms with Crippen LogP contribution in [0.3, 0.4) is 0 Å². The predicted molar refractivity (Wildman–Crippen MR) is 37.4 cm³/mol. The SMILES string of the molecule is N=C=S.c1cscn1. The van der Waals surface area contributed by atoms with Crippen molar-refractivity contribution >= 4 is 28.7 Å². The Labute approximate surface area is 56.7 Å². The molecule has 1 aromatic rings. The fourth-order valence-corrected chi connectivity index (χ4v) is 0.527. The van der Waals surface area contributed by atoms with Gasteiger partial charge < -0.3 is 0 Å². The monoisotopic (exact) mass is 144 g/mol. The molecule has 1 N–H and O–H groups in total. The molecule has 2 nitrogen and oxygen atoms in total. The Balaban J connectivity index is 0.000000145. The van der Waals surface area contributed by atoms with Gasteiger partial charge in [-0.05, 0) is 12.2 Å². The Morgan fingerprint density at radius 1 is 1.75 bits per heavy atom. The molecule has 0 unspecified atom stereocenters. The molecular weight excluding hydrogens is 140 g/mol. The van der Waals surface area contributed by atoms with Crippen LogP contribution in [0.25, 0.3) is 0 Å². The van der Waals surface area contributed by atoms with Crippen molar-refractivity contribution in [2.24, 2.45) is 0 Å². The van der Waals surface area contributed by atoms with E-state index in [1.165, 1.54) is 0 Å². The zero-order valence-corrected chi connectivity index (χ0v) is 5.63. The molecule has 42 valence electrons. The molecule has 0 aliphatic rings. The van der Waals surface area contributed by atoms with Gasteiger partial charge in [0.1, 0.15) is 0 Å². The second kappa shape index (κ2) is 6.43. The zero-order chi connectivity index (χ0) is 6.24. The molecule has 0 aromatic carbocycles. The Hall–Kier alpha value is -0.570. The molecule has 0 fully saturated rings. The quantitative estimate of drug-likeness (QED) is 0.445. The van der Waals surface area contributed by atoms with E-state index in [0.717, 1.165) is 0 Å². The summed E-state index contributed by atoms with van der Waals surface area (Å²) in [5.41, 5.74) is 1.79. The highest BCUT2D eigenvalue weighted by molar-refractivity contribution is 7.78. The van der Waals surface area contributed by atoms with Crippen molar-refractivity contribution in [3.63, 3.8) is 0 Å². The second-order valence-corrected chi connectivity index (χ2v) is 1.74. The number of hydrogen-bond acceptors (Lipinski definition) is 4. The van der Waals surface area contributed by atoms with E-state index in [1.807, 2.05) is 5.38 Å². The van der Waals surface area contributed by atoms with E-state index >= 15 is 0 Å². The van der Waals surface area contributed by atoms with Crippen LogP contribution in [0.1, 0.15) is 0 Å². The summed E-state index contributed by atoms with van der Waals surface area (Å²) in [6, 6.07) is 0. The molecule has 1 rings (SSSR count). The molecule has 0 bridgehead atoms. The molecule has 0 aliphatic carbocycles. The fraction of sp³-hybridized carbons (Fsp3) is 0. The number of nitrogens with zero attached hydrogens (tertiary/aromatic N) is 1. The van der Waals surface area contributed by atoms with Gasteiger partial charge in [-0.15, -0.1) is 11.3 Å². The van der Waals surface area contributed by atoms with Gasteiger partial charge in [0.25, 0.3) is 0 Å². The molecule has 0 spiro atoms. The molecule has 1 aromatic heterocycles. The first-order valence-corrected chi connectivity index (χ1v) is 3.13. The smallest absolute Gasteiger partial charge is 0.0791 e. The van der Waals surface area contributed by atoms with Crippen LogP contribution in [-0.2, 0) is 0 Å². The number of thiocarbonyl (C=S) groups is 1. The average molecular weight is 144 g/mol. The molecule has 0 saturated carbocycles. The van der Waals surface area contributed by atoms with Crippen molar-refractivity contribution in [2.75, 3.05) is 0 Å². The molecule has 0 radical (unpaired) electrons. The molecular formula is C4H4N2S2. The minimum atomic E-state index is 1.58. The van der Waals surface area contributed by atoms with Crippen molar-refractivity contribution in [1.82, 2.24) is 4.98 Å². The summed E-state index contributed by atoms with van der Waals surface area (Å²) in [6.45, 7) is 0. The largest absolute Gasteiger partial charge is 0.253 e. The Morgan fingerprint density at radius 2 is 2.38 bits per heavy atom. The van der Waals surface area contributed by atoms with E-state index in [-0.39, 0.29) is 0 Å². The number of isothiocyanates is 1. The average Bonchev–Trinajstić information content (AvgIpc) is 2.17. The van der Waals surface area contributed by atoms with Crippen molar-refractivity contribution in [1.29, 1.82) is 5.41 Å². The molecule has 0 atom stereocenters. The first-order valence-electron chi connectivity index (χ1n) is 1.78. The molecule has 0 amide bonds. The normalized spacial score (nSPS) is 6.00. The second-order valence-electron chi connectivity index (χ2n) is 0.778. The first-order chi connectivity index (χ1) is 3.91. The summed E-state index contributed by atoms with van der Waals surface area (Å²) in [5.74, 6) is 0. The Bertz CT molecular complexity index is 124. The van der Waals surface area contributed by atoms with Gasteiger partial charge in [-0.2, -0.15) is 0 Å². The topological polar surface area (TPSA) is 36.7 Å². The van der Waals surface area contributed by atoms with Gasteiger partial charge in [0.2, 0.25) is 0 Å². The number of thiazole rings is 1. The minimum Gasteiger partial charge on any atom is -0.253 e. The molecule has 8 heavy (non-hydrogen) atoms. The maximum Gasteiger partial charge on any atom is 0.0791 e. The van der Waals surface area contributed by atoms with Crippen molar-refractivity contribution in [3.05, 3.63) is 17.1 Å². The highest BCUT2D eigenvalue weighted by atomic mass is 32.1. The van der Waals surface area contributed by atoms with Crippen molar-refractivity contribution in [3.8, 4) is 0 Å². The van der Waals surface area contributed by atoms with E-state index in [9.17, 15) is 0 Å². The summed E-state index contributed by atoms with van der Waals surface area (Å²) in [5, 5.41) is 9.29. The van der Waals surface area contributed by atoms with E-state index in [0.29, 0.717) is 0 Å². The summed E-state index contributed by atoms with van der Waals surface area (Å²) < 4.78 is 0. The minimum absolute atomic E-state index is 1.58. The summed E-state index contributed by atoms with van der Waals surface area (Å²) in [7, 11) is 0. The molecule has 0 aliphatic heterocycles. The summed E-state index contributed by atoms with van der Waals surface area (Å²) in [6.07, 6.45) is 1.77. The number of hydrogen-bond donors (Lipinski definition) is 1. The third-order valence-electron chi connectivity index (χ3n) is 0.347. The van der Waals surface area contributed by atoms with Gasteiger partial charge in [-0.1, -0.05) is 0 Å². The van der Waals surface area contributed by atoms with Crippen LogP contribution in [0.4, 0.5) is 0 Å². The van der Waals surface area contributed by atoms with Gasteiger partial charge in [-0.3, -0.25) is 4.98 Å². The van der Waals surface area contributed by atoms with E-state index in [2.05, 4.69) is 17.2 Å². The maximum atomic E-state index is 5.77. The van der Waals surface area contributed by atoms with Gasteiger partial charge in [0.15, 0.2) is 0 Å². The highest BCUT2D eigenvalue weighted by Gasteiger charge is 1.59. The molecule has 1 heterocycles. The van der Waals surface area contributed by atoms with Crippen LogP contribution in [0, 0.1) is 5.41 Å². The summed E-state index contributed by atoms with van der Waals surface area (Å²) in [4.78, 5) is 3.74. The van der Waals surface area contributed by atoms with Crippen LogP contribution in [0.2, 0.25) is 0 Å². The molecule has 4 heteroatoms. The number of nitrogens with one attached hydrogen (secondary N) is 1. The Kier molecular flexibility index (Phi) is 5.97. The number of aromatic nitrogens is 1. The third kappa shape index (κ3) is 5.43. The van der Waals surface area contributed by atoms with Gasteiger partial charge in [0, 0.05) is 11.6 Å². The lowest BCUT2D eigenvalue weighted by Gasteiger charge is -1.41. The lowest BCUT2D eigenvalue weighted by Crippen LogP contribution is -1.38. The lowest BCUT2D eigenvalue weighted by atomic mass is 11.0. The van der Waals surface area contributed by atoms with Crippen LogP contribution >= 0.6 is 23.6 Å². The Morgan fingerprint density at radius 3 is 2.50 bits per heavy atom. The third-order valence-corrected chi connectivity index (χ3v) is 0.869. The van der Waals surface area contributed by atoms with Crippen LogP contribution in [0.15, 0.2) is 17.1 Å². The highest BCUT2D eigenvalue weighted by Crippen LogP contribution is 1.85. The van der Waals surface area contributed by atoms with E-state index < -0.39 is 0 Å². The lowest BCUT2D eigenvalue weighted by molar-refractivity contribution is 1.43. The van der Waals surface area contributed by atoms with Gasteiger partial charge in [-0.25, -0.2) is 5.41 Å². The van der Waals surface area contributed by atoms with Gasteiger partial charge in [0.05, 0.1) is 10.7 Å². The van der Waals surface area contributed by atoms with Crippen molar-refractivity contribution in [2.45, 2.75) is 0 Å². The standard InChI is InChI=1S/C3H3NS.CHNS/c1-2-5-3-4-1;2-1-3/h1-3H;2H. The van der Waals surface area contributed by atoms with Crippen LogP contribution in [0.5, 0.6) is 0 Å². The van der Waals surface area contributed by atoms with Crippen LogP contribution in [-0.4, -0.2) is 10.1 Å². The predicted octanol–water partition coefficient (Wildman–Crippen LogP) is 1.81. The van der Waals surface area contributed by atoms with E-state index in [1.54, 1.807) is 28.2 Å². The summed E-state index contributed by atoms with van der Waals surface area (Å²) >= 11 is 5.41.